The van der Waals surface area contributed by atoms with Crippen LogP contribution in [0.15, 0.2) is 57.7 Å². The predicted molar refractivity (Wildman–Crippen MR) is 136 cm³/mol. The van der Waals surface area contributed by atoms with E-state index in [1.165, 1.54) is 51.7 Å². The van der Waals surface area contributed by atoms with Crippen LogP contribution in [0.25, 0.3) is 22.3 Å². The van der Waals surface area contributed by atoms with Crippen molar-refractivity contribution >= 4 is 11.0 Å². The van der Waals surface area contributed by atoms with Gasteiger partial charge >= 0.3 is 0 Å². The Balaban J connectivity index is 1.54. The minimum Gasteiger partial charge on any atom is -0.508 e. The van der Waals surface area contributed by atoms with Gasteiger partial charge in [-0.2, -0.15) is 0 Å². The molecule has 0 aliphatic rings. The Bertz CT molecular complexity index is 1480. The first kappa shape index (κ1) is 26.3. The van der Waals surface area contributed by atoms with Gasteiger partial charge in [0.15, 0.2) is 28.4 Å². The fraction of sp³-hybridized carbons (Fsp3) is 0.222. The molecule has 11 nitrogen and oxygen atoms in total. The first-order valence-corrected chi connectivity index (χ1v) is 11.3. The van der Waals surface area contributed by atoms with Gasteiger partial charge < -0.3 is 48.5 Å². The molecule has 3 aromatic carbocycles. The summed E-state index contributed by atoms with van der Waals surface area (Å²) in [6.45, 7) is -0.288. The van der Waals surface area contributed by atoms with Crippen molar-refractivity contribution in [2.24, 2.45) is 0 Å². The number of benzene rings is 3. The van der Waals surface area contributed by atoms with E-state index in [9.17, 15) is 25.2 Å². The van der Waals surface area contributed by atoms with E-state index in [1.807, 2.05) is 0 Å². The van der Waals surface area contributed by atoms with Crippen LogP contribution in [0.1, 0.15) is 0 Å². The zero-order valence-electron chi connectivity index (χ0n) is 20.8. The van der Waals surface area contributed by atoms with Gasteiger partial charge in [0, 0.05) is 29.8 Å². The molecule has 0 aliphatic carbocycles. The molecule has 1 atom stereocenters. The Morgan fingerprint density at radius 3 is 2.11 bits per heavy atom. The lowest BCUT2D eigenvalue weighted by atomic mass is 10.1. The molecule has 4 aromatic rings. The van der Waals surface area contributed by atoms with Crippen LogP contribution in [0.2, 0.25) is 0 Å². The highest BCUT2D eigenvalue weighted by molar-refractivity contribution is 5.86. The summed E-state index contributed by atoms with van der Waals surface area (Å²) in [7, 11) is 4.24. The van der Waals surface area contributed by atoms with E-state index in [2.05, 4.69) is 0 Å². The quantitative estimate of drug-likeness (QED) is 0.240. The molecular weight excluding hydrogens is 500 g/mol. The van der Waals surface area contributed by atoms with Gasteiger partial charge in [0.1, 0.15) is 53.3 Å². The van der Waals surface area contributed by atoms with Crippen molar-refractivity contribution in [1.82, 2.24) is 0 Å². The van der Waals surface area contributed by atoms with Gasteiger partial charge in [-0.15, -0.1) is 0 Å². The number of phenolic OH excluding ortho intramolecular Hbond substituents is 3. The predicted octanol–water partition coefficient (Wildman–Crippen LogP) is 3.42. The normalized spacial score (nSPS) is 11.7. The van der Waals surface area contributed by atoms with Crippen molar-refractivity contribution in [3.8, 4) is 57.3 Å². The minimum atomic E-state index is -1.04. The van der Waals surface area contributed by atoms with Gasteiger partial charge in [0.2, 0.25) is 5.75 Å². The van der Waals surface area contributed by atoms with Crippen molar-refractivity contribution in [3.05, 3.63) is 58.8 Å². The summed E-state index contributed by atoms with van der Waals surface area (Å²) in [6.07, 6.45) is -1.04. The molecule has 0 radical (unpaired) electrons. The number of aliphatic hydroxyl groups is 1. The molecule has 38 heavy (non-hydrogen) atoms. The van der Waals surface area contributed by atoms with Crippen LogP contribution in [0, 0.1) is 0 Å². The van der Waals surface area contributed by atoms with Crippen LogP contribution < -0.4 is 29.1 Å². The molecule has 0 unspecified atom stereocenters. The summed E-state index contributed by atoms with van der Waals surface area (Å²) in [5, 5.41) is 39.8. The molecular formula is C27H26O11. The number of aromatic hydroxyl groups is 3. The molecule has 0 bridgehead atoms. The minimum absolute atomic E-state index is 0.00219. The van der Waals surface area contributed by atoms with Gasteiger partial charge in [0.25, 0.3) is 0 Å². The molecule has 1 aromatic heterocycles. The Hall–Kier alpha value is -4.77. The van der Waals surface area contributed by atoms with E-state index in [-0.39, 0.29) is 64.4 Å². The average Bonchev–Trinajstić information content (AvgIpc) is 2.90. The molecule has 0 saturated carbocycles. The maximum atomic E-state index is 12.6. The zero-order chi connectivity index (χ0) is 27.4. The van der Waals surface area contributed by atoms with Gasteiger partial charge in [0.05, 0.1) is 21.3 Å². The lowest BCUT2D eigenvalue weighted by Gasteiger charge is -2.18. The average molecular weight is 526 g/mol. The molecule has 0 saturated heterocycles. The molecule has 200 valence electrons. The number of fused-ring (bicyclic) bond motifs is 1. The summed E-state index contributed by atoms with van der Waals surface area (Å²) in [6, 6.07) is 11.0. The Labute approximate surface area is 216 Å². The van der Waals surface area contributed by atoms with Crippen LogP contribution in [-0.4, -0.2) is 61.1 Å². The van der Waals surface area contributed by atoms with Crippen LogP contribution in [0.5, 0.6) is 46.0 Å². The van der Waals surface area contributed by atoms with Crippen molar-refractivity contribution in [2.75, 3.05) is 34.5 Å². The van der Waals surface area contributed by atoms with Crippen LogP contribution in [0.4, 0.5) is 0 Å². The monoisotopic (exact) mass is 526 g/mol. The number of rotatable bonds is 10. The first-order valence-electron chi connectivity index (χ1n) is 11.3. The number of methoxy groups -OCH3 is 3. The van der Waals surface area contributed by atoms with E-state index in [0.29, 0.717) is 11.3 Å². The van der Waals surface area contributed by atoms with E-state index >= 15 is 0 Å². The molecule has 0 fully saturated rings. The molecule has 4 rings (SSSR count). The highest BCUT2D eigenvalue weighted by atomic mass is 16.5. The van der Waals surface area contributed by atoms with Gasteiger partial charge in [-0.05, 0) is 24.3 Å². The standard InChI is InChI=1S/C27H26O11/c1-33-22-10-17(4-5-18(22)30)36-12-16(29)13-37-27-24(34-2)6-14(7-25(27)35-3)21-11-20(32)26-19(31)8-15(28)9-23(26)38-21/h4-11,16,28-31H,12-13H2,1-3H3/t16-/m1/s1. The molecule has 4 N–H and O–H groups in total. The number of aliphatic hydroxyl groups excluding tert-OH is 1. The van der Waals surface area contributed by atoms with Crippen molar-refractivity contribution in [1.29, 1.82) is 0 Å². The fourth-order valence-corrected chi connectivity index (χ4v) is 3.73. The smallest absolute Gasteiger partial charge is 0.203 e. The van der Waals surface area contributed by atoms with Gasteiger partial charge in [-0.25, -0.2) is 0 Å². The fourth-order valence-electron chi connectivity index (χ4n) is 3.73. The topological polar surface area (TPSA) is 157 Å². The van der Waals surface area contributed by atoms with E-state index in [4.69, 9.17) is 28.1 Å². The second kappa shape index (κ2) is 11.1. The van der Waals surface area contributed by atoms with Crippen LogP contribution in [-0.2, 0) is 0 Å². The van der Waals surface area contributed by atoms with Crippen LogP contribution >= 0.6 is 0 Å². The maximum absolute atomic E-state index is 12.6. The van der Waals surface area contributed by atoms with Gasteiger partial charge in [-0.1, -0.05) is 0 Å². The molecule has 0 spiro atoms. The third kappa shape index (κ3) is 5.47. The van der Waals surface area contributed by atoms with Crippen molar-refractivity contribution in [3.63, 3.8) is 0 Å². The highest BCUT2D eigenvalue weighted by Crippen LogP contribution is 2.42. The second-order valence-electron chi connectivity index (χ2n) is 8.13. The maximum Gasteiger partial charge on any atom is 0.203 e. The zero-order valence-corrected chi connectivity index (χ0v) is 20.8. The van der Waals surface area contributed by atoms with Gasteiger partial charge in [-0.3, -0.25) is 4.79 Å². The van der Waals surface area contributed by atoms with Crippen molar-refractivity contribution in [2.45, 2.75) is 6.10 Å². The Morgan fingerprint density at radius 2 is 1.45 bits per heavy atom. The van der Waals surface area contributed by atoms with E-state index < -0.39 is 17.3 Å². The lowest BCUT2D eigenvalue weighted by molar-refractivity contribution is 0.0605. The highest BCUT2D eigenvalue weighted by Gasteiger charge is 2.20. The lowest BCUT2D eigenvalue weighted by Crippen LogP contribution is -2.25. The SMILES string of the molecule is COc1cc(OC[C@@H](O)COc2c(OC)cc(-c3cc(=O)c4c(O)cc(O)cc4o3)cc2OC)ccc1O. The number of hydrogen-bond donors (Lipinski definition) is 4. The summed E-state index contributed by atoms with van der Waals surface area (Å²) in [5.74, 6) is 0.721. The summed E-state index contributed by atoms with van der Waals surface area (Å²) >= 11 is 0. The van der Waals surface area contributed by atoms with E-state index in [1.54, 1.807) is 12.1 Å². The first-order chi connectivity index (χ1) is 18.2. The largest absolute Gasteiger partial charge is 0.508 e. The number of phenols is 3. The second-order valence-corrected chi connectivity index (χ2v) is 8.13. The van der Waals surface area contributed by atoms with Crippen molar-refractivity contribution < 1.29 is 48.5 Å². The number of ether oxygens (including phenoxy) is 5. The molecule has 0 amide bonds. The summed E-state index contributed by atoms with van der Waals surface area (Å²) < 4.78 is 33.0. The molecule has 11 heteroatoms. The third-order valence-corrected chi connectivity index (χ3v) is 5.55. The Kier molecular flexibility index (Phi) is 7.68. The Morgan fingerprint density at radius 1 is 0.789 bits per heavy atom. The summed E-state index contributed by atoms with van der Waals surface area (Å²) in [4.78, 5) is 12.6. The van der Waals surface area contributed by atoms with Crippen LogP contribution in [0.3, 0.4) is 0 Å². The summed E-state index contributed by atoms with van der Waals surface area (Å²) in [5.41, 5.74) is -0.109. The molecule has 1 heterocycles. The van der Waals surface area contributed by atoms with E-state index in [0.717, 1.165) is 6.07 Å². The third-order valence-electron chi connectivity index (χ3n) is 5.55. The number of hydrogen-bond acceptors (Lipinski definition) is 11. The molecule has 0 aliphatic heterocycles.